The van der Waals surface area contributed by atoms with Crippen LogP contribution in [0.25, 0.3) is 11.4 Å². The fraction of sp³-hybridized carbons (Fsp3) is 0.476. The van der Waals surface area contributed by atoms with Gasteiger partial charge in [-0.05, 0) is 17.4 Å². The van der Waals surface area contributed by atoms with Gasteiger partial charge in [-0.15, -0.1) is 16.8 Å². The molecule has 1 aromatic heterocycles. The largest absolute Gasteiger partial charge is 0.385 e. The molecule has 7 heteroatoms. The van der Waals surface area contributed by atoms with Gasteiger partial charge in [0.25, 0.3) is 0 Å². The Morgan fingerprint density at radius 2 is 2.00 bits per heavy atom. The molecule has 1 amide bonds. The number of nitrogens with one attached hydrogen (secondary N) is 1. The molecule has 0 saturated heterocycles. The predicted octanol–water partition coefficient (Wildman–Crippen LogP) is 3.67. The lowest BCUT2D eigenvalue weighted by molar-refractivity contribution is -0.118. The van der Waals surface area contributed by atoms with Gasteiger partial charge >= 0.3 is 0 Å². The number of benzene rings is 1. The first-order valence-electron chi connectivity index (χ1n) is 9.40. The van der Waals surface area contributed by atoms with Crippen molar-refractivity contribution in [1.82, 2.24) is 20.1 Å². The lowest BCUT2D eigenvalue weighted by Gasteiger charge is -2.19. The highest BCUT2D eigenvalue weighted by Gasteiger charge is 2.17. The summed E-state index contributed by atoms with van der Waals surface area (Å²) in [6.45, 7) is 12.2. The van der Waals surface area contributed by atoms with Crippen LogP contribution in [0, 0.1) is 0 Å². The number of hydrogen-bond donors (Lipinski definition) is 1. The highest BCUT2D eigenvalue weighted by molar-refractivity contribution is 7.99. The summed E-state index contributed by atoms with van der Waals surface area (Å²) in [5.41, 5.74) is 2.37. The zero-order chi connectivity index (χ0) is 20.6. The van der Waals surface area contributed by atoms with Gasteiger partial charge in [0.05, 0.1) is 5.75 Å². The molecule has 0 unspecified atom stereocenters. The van der Waals surface area contributed by atoms with E-state index in [-0.39, 0.29) is 11.3 Å². The second-order valence-electron chi connectivity index (χ2n) is 7.52. The number of carbonyl (C=O) groups is 1. The first kappa shape index (κ1) is 22.2. The van der Waals surface area contributed by atoms with E-state index in [0.717, 1.165) is 17.8 Å². The Morgan fingerprint density at radius 1 is 1.29 bits per heavy atom. The van der Waals surface area contributed by atoms with Crippen LogP contribution in [0.3, 0.4) is 0 Å². The zero-order valence-electron chi connectivity index (χ0n) is 17.2. The van der Waals surface area contributed by atoms with E-state index in [0.29, 0.717) is 30.6 Å². The monoisotopic (exact) mass is 402 g/mol. The number of hydrogen-bond acceptors (Lipinski definition) is 5. The normalized spacial score (nSPS) is 11.4. The molecule has 0 bridgehead atoms. The predicted molar refractivity (Wildman–Crippen MR) is 115 cm³/mol. The van der Waals surface area contributed by atoms with Gasteiger partial charge in [-0.3, -0.25) is 9.36 Å². The molecule has 2 aromatic rings. The molecule has 1 heterocycles. The number of allylic oxidation sites excluding steroid dienone is 1. The van der Waals surface area contributed by atoms with Crippen molar-refractivity contribution < 1.29 is 9.53 Å². The molecule has 0 radical (unpaired) electrons. The summed E-state index contributed by atoms with van der Waals surface area (Å²) in [5.74, 6) is 1.05. The maximum Gasteiger partial charge on any atom is 0.230 e. The molecule has 0 fully saturated rings. The van der Waals surface area contributed by atoms with Gasteiger partial charge in [-0.25, -0.2) is 0 Å². The Hall–Kier alpha value is -2.12. The number of thioether (sulfide) groups is 1. The Bertz CT molecular complexity index is 779. The van der Waals surface area contributed by atoms with Crippen molar-refractivity contribution in [2.45, 2.75) is 44.3 Å². The maximum atomic E-state index is 12.0. The number of aromatic nitrogens is 3. The highest BCUT2D eigenvalue weighted by Crippen LogP contribution is 2.27. The van der Waals surface area contributed by atoms with E-state index < -0.39 is 0 Å². The van der Waals surface area contributed by atoms with Crippen molar-refractivity contribution in [2.24, 2.45) is 0 Å². The number of nitrogens with zero attached hydrogens (tertiary/aromatic N) is 3. The Kier molecular flexibility index (Phi) is 8.26. The minimum absolute atomic E-state index is 0.0228. The van der Waals surface area contributed by atoms with Crippen LogP contribution in [-0.4, -0.2) is 46.7 Å². The summed E-state index contributed by atoms with van der Waals surface area (Å²) >= 11 is 1.38. The van der Waals surface area contributed by atoms with E-state index in [2.05, 4.69) is 67.1 Å². The number of ether oxygens (including phenoxy) is 1. The Morgan fingerprint density at radius 3 is 2.61 bits per heavy atom. The highest BCUT2D eigenvalue weighted by atomic mass is 32.2. The molecule has 28 heavy (non-hydrogen) atoms. The smallest absolute Gasteiger partial charge is 0.230 e. The van der Waals surface area contributed by atoms with E-state index in [4.69, 9.17) is 4.74 Å². The standard InChI is InChI=1S/C21H30N4O2S/c1-6-13-25-19(16-8-10-17(11-9-16)21(2,3)4)23-24-20(25)28-15-18(26)22-12-7-14-27-5/h6,8-11H,1,7,12-15H2,2-5H3,(H,22,26). The van der Waals surface area contributed by atoms with Crippen molar-refractivity contribution in [1.29, 1.82) is 0 Å². The second kappa shape index (κ2) is 10.4. The summed E-state index contributed by atoms with van der Waals surface area (Å²) in [4.78, 5) is 12.0. The lowest BCUT2D eigenvalue weighted by Crippen LogP contribution is -2.27. The Labute approximate surface area is 171 Å². The van der Waals surface area contributed by atoms with Crippen LogP contribution >= 0.6 is 11.8 Å². The third kappa shape index (κ3) is 6.21. The lowest BCUT2D eigenvalue weighted by atomic mass is 9.87. The molecule has 6 nitrogen and oxygen atoms in total. The summed E-state index contributed by atoms with van der Waals surface area (Å²) in [7, 11) is 1.65. The molecule has 1 aromatic carbocycles. The fourth-order valence-corrected chi connectivity index (χ4v) is 3.43. The molecule has 2 rings (SSSR count). The molecule has 152 valence electrons. The molecule has 0 aliphatic heterocycles. The van der Waals surface area contributed by atoms with Gasteiger partial charge in [0.2, 0.25) is 5.91 Å². The summed E-state index contributed by atoms with van der Waals surface area (Å²) in [5, 5.41) is 12.2. The minimum Gasteiger partial charge on any atom is -0.385 e. The second-order valence-corrected chi connectivity index (χ2v) is 8.46. The van der Waals surface area contributed by atoms with E-state index in [1.54, 1.807) is 7.11 Å². The van der Waals surface area contributed by atoms with Crippen LogP contribution in [0.15, 0.2) is 42.1 Å². The SMILES string of the molecule is C=CCn1c(SCC(=O)NCCCOC)nnc1-c1ccc(C(C)(C)C)cc1. The minimum atomic E-state index is -0.0228. The zero-order valence-corrected chi connectivity index (χ0v) is 18.0. The van der Waals surface area contributed by atoms with Gasteiger partial charge < -0.3 is 10.1 Å². The molecule has 0 aliphatic rings. The van der Waals surface area contributed by atoms with Gasteiger partial charge in [0, 0.05) is 32.4 Å². The third-order valence-corrected chi connectivity index (χ3v) is 5.18. The molecule has 0 atom stereocenters. The van der Waals surface area contributed by atoms with Crippen LogP contribution < -0.4 is 5.32 Å². The molecule has 0 aliphatic carbocycles. The average Bonchev–Trinajstić information content (AvgIpc) is 3.06. The molecule has 0 saturated carbocycles. The third-order valence-electron chi connectivity index (χ3n) is 4.22. The first-order valence-corrected chi connectivity index (χ1v) is 10.4. The quantitative estimate of drug-likeness (QED) is 0.373. The maximum absolute atomic E-state index is 12.0. The van der Waals surface area contributed by atoms with E-state index >= 15 is 0 Å². The van der Waals surface area contributed by atoms with Crippen molar-refractivity contribution in [3.8, 4) is 11.4 Å². The van der Waals surface area contributed by atoms with Gasteiger partial charge in [-0.1, -0.05) is 62.9 Å². The van der Waals surface area contributed by atoms with Crippen molar-refractivity contribution >= 4 is 17.7 Å². The van der Waals surface area contributed by atoms with Crippen molar-refractivity contribution in [3.05, 3.63) is 42.5 Å². The van der Waals surface area contributed by atoms with Crippen molar-refractivity contribution in [2.75, 3.05) is 26.0 Å². The topological polar surface area (TPSA) is 69.0 Å². The van der Waals surface area contributed by atoms with E-state index in [9.17, 15) is 4.79 Å². The van der Waals surface area contributed by atoms with Gasteiger partial charge in [0.1, 0.15) is 0 Å². The van der Waals surface area contributed by atoms with Gasteiger partial charge in [-0.2, -0.15) is 0 Å². The number of amides is 1. The van der Waals surface area contributed by atoms with E-state index in [1.165, 1.54) is 17.3 Å². The van der Waals surface area contributed by atoms with Crippen molar-refractivity contribution in [3.63, 3.8) is 0 Å². The van der Waals surface area contributed by atoms with Crippen LogP contribution in [0.1, 0.15) is 32.8 Å². The summed E-state index contributed by atoms with van der Waals surface area (Å²) in [6, 6.07) is 8.40. The van der Waals surface area contributed by atoms with Crippen LogP contribution in [0.5, 0.6) is 0 Å². The van der Waals surface area contributed by atoms with Crippen LogP contribution in [0.2, 0.25) is 0 Å². The molecule has 0 spiro atoms. The fourth-order valence-electron chi connectivity index (χ4n) is 2.65. The molecular formula is C21H30N4O2S. The summed E-state index contributed by atoms with van der Waals surface area (Å²) < 4.78 is 6.97. The van der Waals surface area contributed by atoms with Crippen LogP contribution in [-0.2, 0) is 21.5 Å². The van der Waals surface area contributed by atoms with Crippen LogP contribution in [0.4, 0.5) is 0 Å². The number of rotatable bonds is 10. The van der Waals surface area contributed by atoms with E-state index in [1.807, 2.05) is 10.6 Å². The molecular weight excluding hydrogens is 372 g/mol. The van der Waals surface area contributed by atoms with Gasteiger partial charge in [0.15, 0.2) is 11.0 Å². The average molecular weight is 403 g/mol. The Balaban J connectivity index is 2.08. The first-order chi connectivity index (χ1) is 13.4. The number of carbonyl (C=O) groups excluding carboxylic acids is 1. The summed E-state index contributed by atoms with van der Waals surface area (Å²) in [6.07, 6.45) is 2.61. The molecule has 1 N–H and O–H groups in total. The number of methoxy groups -OCH3 is 1.